The van der Waals surface area contributed by atoms with Crippen molar-refractivity contribution in [1.82, 2.24) is 0 Å². The Balaban J connectivity index is 2.52. The van der Waals surface area contributed by atoms with Crippen molar-refractivity contribution in [3.05, 3.63) is 29.8 Å². The van der Waals surface area contributed by atoms with Gasteiger partial charge in [0.2, 0.25) is 0 Å². The van der Waals surface area contributed by atoms with Gasteiger partial charge in [0.05, 0.1) is 16.2 Å². The zero-order valence-electron chi connectivity index (χ0n) is 8.55. The van der Waals surface area contributed by atoms with E-state index in [9.17, 15) is 13.5 Å². The fourth-order valence-corrected chi connectivity index (χ4v) is 3.59. The monoisotopic (exact) mass is 226 g/mol. The highest BCUT2D eigenvalue weighted by molar-refractivity contribution is 7.92. The molecule has 1 aliphatic rings. The van der Waals surface area contributed by atoms with Crippen molar-refractivity contribution in [2.75, 3.05) is 0 Å². The lowest BCUT2D eigenvalue weighted by Crippen LogP contribution is -2.11. The molecule has 1 atom stereocenters. The van der Waals surface area contributed by atoms with Crippen molar-refractivity contribution in [3.63, 3.8) is 0 Å². The first-order chi connectivity index (χ1) is 7.03. The summed E-state index contributed by atoms with van der Waals surface area (Å²) < 4.78 is 24.0. The van der Waals surface area contributed by atoms with Gasteiger partial charge in [-0.3, -0.25) is 0 Å². The molecule has 1 aliphatic carbocycles. The fraction of sp³-hybridized carbons (Fsp3) is 0.455. The normalized spacial score (nSPS) is 18.8. The van der Waals surface area contributed by atoms with Crippen molar-refractivity contribution in [2.45, 2.75) is 36.0 Å². The van der Waals surface area contributed by atoms with Crippen LogP contribution in [0.2, 0.25) is 0 Å². The number of rotatable bonds is 3. The molecule has 1 aromatic rings. The van der Waals surface area contributed by atoms with Gasteiger partial charge in [0.15, 0.2) is 9.84 Å². The molecule has 4 heteroatoms. The van der Waals surface area contributed by atoms with Crippen LogP contribution in [0.4, 0.5) is 0 Å². The van der Waals surface area contributed by atoms with Gasteiger partial charge in [0.25, 0.3) is 0 Å². The molecular weight excluding hydrogens is 212 g/mol. The number of hydrogen-bond donors (Lipinski definition) is 1. The Morgan fingerprint density at radius 2 is 1.93 bits per heavy atom. The third kappa shape index (κ3) is 1.92. The van der Waals surface area contributed by atoms with Crippen LogP contribution in [0.5, 0.6) is 0 Å². The third-order valence-corrected chi connectivity index (χ3v) is 4.97. The van der Waals surface area contributed by atoms with Crippen LogP contribution in [0.1, 0.15) is 31.4 Å². The van der Waals surface area contributed by atoms with Gasteiger partial charge in [-0.05, 0) is 31.4 Å². The van der Waals surface area contributed by atoms with E-state index in [4.69, 9.17) is 0 Å². The van der Waals surface area contributed by atoms with Gasteiger partial charge < -0.3 is 5.11 Å². The minimum absolute atomic E-state index is 0.225. The zero-order chi connectivity index (χ0) is 11.1. The van der Waals surface area contributed by atoms with Crippen LogP contribution in [-0.2, 0) is 9.84 Å². The summed E-state index contributed by atoms with van der Waals surface area (Å²) in [5, 5.41) is 9.28. The van der Waals surface area contributed by atoms with Gasteiger partial charge in [-0.2, -0.15) is 0 Å². The van der Waals surface area contributed by atoms with Crippen LogP contribution in [0.3, 0.4) is 0 Å². The first kappa shape index (κ1) is 10.6. The highest BCUT2D eigenvalue weighted by Crippen LogP contribution is 2.36. The second-order valence-electron chi connectivity index (χ2n) is 3.96. The molecule has 1 aromatic carbocycles. The number of aliphatic hydroxyl groups excluding tert-OH is 1. The van der Waals surface area contributed by atoms with Gasteiger partial charge in [-0.25, -0.2) is 8.42 Å². The number of sulfone groups is 1. The summed E-state index contributed by atoms with van der Waals surface area (Å²) in [4.78, 5) is 0.294. The Hall–Kier alpha value is -0.870. The van der Waals surface area contributed by atoms with Crippen LogP contribution in [0, 0.1) is 0 Å². The van der Waals surface area contributed by atoms with Crippen molar-refractivity contribution in [2.24, 2.45) is 0 Å². The van der Waals surface area contributed by atoms with E-state index in [0.717, 1.165) is 12.8 Å². The molecule has 1 saturated carbocycles. The molecule has 15 heavy (non-hydrogen) atoms. The van der Waals surface area contributed by atoms with Crippen molar-refractivity contribution >= 4 is 9.84 Å². The molecule has 0 radical (unpaired) electrons. The largest absolute Gasteiger partial charge is 0.389 e. The van der Waals surface area contributed by atoms with Crippen LogP contribution in [-0.4, -0.2) is 18.8 Å². The molecule has 0 amide bonds. The Morgan fingerprint density at radius 1 is 1.33 bits per heavy atom. The van der Waals surface area contributed by atoms with Gasteiger partial charge >= 0.3 is 0 Å². The molecule has 82 valence electrons. The van der Waals surface area contributed by atoms with Crippen molar-refractivity contribution in [3.8, 4) is 0 Å². The zero-order valence-corrected chi connectivity index (χ0v) is 9.37. The molecule has 0 aliphatic heterocycles. The van der Waals surface area contributed by atoms with Crippen molar-refractivity contribution in [1.29, 1.82) is 0 Å². The average Bonchev–Trinajstić information content (AvgIpc) is 3.01. The lowest BCUT2D eigenvalue weighted by molar-refractivity contribution is 0.196. The Kier molecular flexibility index (Phi) is 2.56. The second kappa shape index (κ2) is 3.61. The van der Waals surface area contributed by atoms with Crippen LogP contribution in [0.15, 0.2) is 29.2 Å². The summed E-state index contributed by atoms with van der Waals surface area (Å²) in [7, 11) is -3.20. The SMILES string of the molecule is CC(O)c1ccccc1S(=O)(=O)C1CC1. The summed E-state index contributed by atoms with van der Waals surface area (Å²) in [5.41, 5.74) is 0.504. The second-order valence-corrected chi connectivity index (χ2v) is 6.15. The van der Waals surface area contributed by atoms with E-state index in [1.165, 1.54) is 0 Å². The molecule has 2 rings (SSSR count). The molecule has 1 N–H and O–H groups in total. The lowest BCUT2D eigenvalue weighted by atomic mass is 10.1. The summed E-state index contributed by atoms with van der Waals surface area (Å²) >= 11 is 0. The standard InChI is InChI=1S/C11H14O3S/c1-8(12)10-4-2-3-5-11(10)15(13,14)9-6-7-9/h2-5,8-9,12H,6-7H2,1H3. The van der Waals surface area contributed by atoms with Gasteiger partial charge in [0, 0.05) is 0 Å². The van der Waals surface area contributed by atoms with E-state index in [-0.39, 0.29) is 5.25 Å². The van der Waals surface area contributed by atoms with Crippen LogP contribution in [0.25, 0.3) is 0 Å². The number of hydrogen-bond acceptors (Lipinski definition) is 3. The first-order valence-electron chi connectivity index (χ1n) is 5.04. The Labute approximate surface area is 89.7 Å². The Morgan fingerprint density at radius 3 is 2.47 bits per heavy atom. The van der Waals surface area contributed by atoms with Crippen LogP contribution < -0.4 is 0 Å². The molecule has 1 fully saturated rings. The molecular formula is C11H14O3S. The molecule has 0 heterocycles. The smallest absolute Gasteiger partial charge is 0.181 e. The minimum Gasteiger partial charge on any atom is -0.389 e. The highest BCUT2D eigenvalue weighted by atomic mass is 32.2. The topological polar surface area (TPSA) is 54.4 Å². The summed E-state index contributed by atoms with van der Waals surface area (Å²) in [6, 6.07) is 6.69. The predicted molar refractivity (Wildman–Crippen MR) is 57.3 cm³/mol. The van der Waals surface area contributed by atoms with E-state index in [1.807, 2.05) is 0 Å². The van der Waals surface area contributed by atoms with Gasteiger partial charge in [-0.15, -0.1) is 0 Å². The third-order valence-electron chi connectivity index (χ3n) is 2.64. The van der Waals surface area contributed by atoms with Gasteiger partial charge in [-0.1, -0.05) is 18.2 Å². The molecule has 0 spiro atoms. The minimum atomic E-state index is -3.20. The predicted octanol–water partition coefficient (Wildman–Crippen LogP) is 1.68. The number of benzene rings is 1. The number of aliphatic hydroxyl groups is 1. The lowest BCUT2D eigenvalue weighted by Gasteiger charge is -2.11. The maximum Gasteiger partial charge on any atom is 0.181 e. The molecule has 3 nitrogen and oxygen atoms in total. The fourth-order valence-electron chi connectivity index (χ4n) is 1.64. The van der Waals surface area contributed by atoms with Crippen molar-refractivity contribution < 1.29 is 13.5 Å². The average molecular weight is 226 g/mol. The molecule has 0 aromatic heterocycles. The van der Waals surface area contributed by atoms with E-state index in [1.54, 1.807) is 31.2 Å². The molecule has 0 saturated heterocycles. The maximum atomic E-state index is 12.0. The van der Waals surface area contributed by atoms with E-state index < -0.39 is 15.9 Å². The summed E-state index contributed by atoms with van der Waals surface area (Å²) in [5.74, 6) is 0. The molecule has 1 unspecified atom stereocenters. The van der Waals surface area contributed by atoms with Crippen LogP contribution >= 0.6 is 0 Å². The molecule has 0 bridgehead atoms. The van der Waals surface area contributed by atoms with Gasteiger partial charge in [0.1, 0.15) is 0 Å². The first-order valence-corrected chi connectivity index (χ1v) is 6.59. The summed E-state index contributed by atoms with van der Waals surface area (Å²) in [6.45, 7) is 1.58. The highest BCUT2D eigenvalue weighted by Gasteiger charge is 2.38. The Bertz CT molecular complexity index is 458. The quantitative estimate of drug-likeness (QED) is 0.853. The maximum absolute atomic E-state index is 12.0. The van der Waals surface area contributed by atoms with E-state index in [2.05, 4.69) is 0 Å². The van der Waals surface area contributed by atoms with E-state index >= 15 is 0 Å². The van der Waals surface area contributed by atoms with E-state index in [0.29, 0.717) is 10.5 Å². The summed E-state index contributed by atoms with van der Waals surface area (Å²) in [6.07, 6.45) is 0.752.